The molecule has 2 rings (SSSR count). The Balaban J connectivity index is 2.30. The van der Waals surface area contributed by atoms with Crippen molar-refractivity contribution in [1.29, 1.82) is 0 Å². The van der Waals surface area contributed by atoms with Crippen molar-refractivity contribution in [3.63, 3.8) is 0 Å². The van der Waals surface area contributed by atoms with Crippen LogP contribution in [0.25, 0.3) is 11.0 Å². The van der Waals surface area contributed by atoms with Gasteiger partial charge in [-0.15, -0.1) is 0 Å². The standard InChI is InChI=1S/C11H11BrN2O2/c1-2-16-11(15)7-14-4-3-9-10(14)5-8(12)6-13-9/h3-6H,2,7H2,1H3. The number of fused-ring (bicyclic) bond motifs is 1. The number of nitrogens with zero attached hydrogens (tertiary/aromatic N) is 2. The van der Waals surface area contributed by atoms with Gasteiger partial charge in [0.1, 0.15) is 6.54 Å². The molecule has 0 bridgehead atoms. The molecule has 2 aromatic heterocycles. The van der Waals surface area contributed by atoms with E-state index in [-0.39, 0.29) is 12.5 Å². The van der Waals surface area contributed by atoms with Crippen molar-refractivity contribution >= 4 is 32.9 Å². The van der Waals surface area contributed by atoms with Crippen molar-refractivity contribution in [2.24, 2.45) is 0 Å². The number of hydrogen-bond acceptors (Lipinski definition) is 3. The van der Waals surface area contributed by atoms with Crippen molar-refractivity contribution in [2.75, 3.05) is 6.61 Å². The van der Waals surface area contributed by atoms with Crippen LogP contribution in [0.5, 0.6) is 0 Å². The molecule has 0 aromatic carbocycles. The highest BCUT2D eigenvalue weighted by Gasteiger charge is 2.07. The van der Waals surface area contributed by atoms with Crippen molar-refractivity contribution in [3.8, 4) is 0 Å². The van der Waals surface area contributed by atoms with Crippen LogP contribution in [-0.2, 0) is 16.1 Å². The lowest BCUT2D eigenvalue weighted by molar-refractivity contribution is -0.143. The molecule has 0 N–H and O–H groups in total. The van der Waals surface area contributed by atoms with E-state index in [1.807, 2.05) is 22.9 Å². The largest absolute Gasteiger partial charge is 0.465 e. The number of ether oxygens (including phenoxy) is 1. The molecule has 0 spiro atoms. The minimum atomic E-state index is -0.236. The average molecular weight is 283 g/mol. The fourth-order valence-electron chi connectivity index (χ4n) is 1.52. The first-order chi connectivity index (χ1) is 7.70. The minimum absolute atomic E-state index is 0.218. The van der Waals surface area contributed by atoms with Gasteiger partial charge in [0.15, 0.2) is 0 Å². The maximum atomic E-state index is 11.4. The highest BCUT2D eigenvalue weighted by molar-refractivity contribution is 9.10. The molecule has 0 fully saturated rings. The third kappa shape index (κ3) is 2.24. The second-order valence-electron chi connectivity index (χ2n) is 3.31. The van der Waals surface area contributed by atoms with E-state index < -0.39 is 0 Å². The SMILES string of the molecule is CCOC(=O)Cn1ccc2ncc(Br)cc21. The van der Waals surface area contributed by atoms with E-state index in [1.165, 1.54) is 0 Å². The fourth-order valence-corrected chi connectivity index (χ4v) is 1.84. The van der Waals surface area contributed by atoms with Crippen molar-refractivity contribution < 1.29 is 9.53 Å². The summed E-state index contributed by atoms with van der Waals surface area (Å²) in [5, 5.41) is 0. The van der Waals surface area contributed by atoms with Gasteiger partial charge in [0.2, 0.25) is 0 Å². The van der Waals surface area contributed by atoms with Crippen molar-refractivity contribution in [3.05, 3.63) is 29.0 Å². The molecule has 0 radical (unpaired) electrons. The number of rotatable bonds is 3. The summed E-state index contributed by atoms with van der Waals surface area (Å²) >= 11 is 3.36. The molecule has 0 saturated heterocycles. The zero-order valence-corrected chi connectivity index (χ0v) is 10.4. The zero-order chi connectivity index (χ0) is 11.5. The Morgan fingerprint density at radius 3 is 3.19 bits per heavy atom. The van der Waals surface area contributed by atoms with Crippen LogP contribution in [0.2, 0.25) is 0 Å². The third-order valence-electron chi connectivity index (χ3n) is 2.19. The van der Waals surface area contributed by atoms with Gasteiger partial charge in [-0.3, -0.25) is 9.78 Å². The first-order valence-corrected chi connectivity index (χ1v) is 5.76. The number of aromatic nitrogens is 2. The van der Waals surface area contributed by atoms with Crippen molar-refractivity contribution in [2.45, 2.75) is 13.5 Å². The Bertz CT molecular complexity index is 522. The lowest BCUT2D eigenvalue weighted by atomic mass is 10.4. The molecule has 16 heavy (non-hydrogen) atoms. The molecular formula is C11H11BrN2O2. The van der Waals surface area contributed by atoms with Crippen LogP contribution in [-0.4, -0.2) is 22.1 Å². The highest BCUT2D eigenvalue weighted by atomic mass is 79.9. The Morgan fingerprint density at radius 2 is 2.44 bits per heavy atom. The molecule has 84 valence electrons. The Labute approximate surface area is 101 Å². The molecule has 0 aliphatic heterocycles. The summed E-state index contributed by atoms with van der Waals surface area (Å²) in [5.41, 5.74) is 1.79. The average Bonchev–Trinajstić information content (AvgIpc) is 2.61. The second kappa shape index (κ2) is 4.65. The summed E-state index contributed by atoms with van der Waals surface area (Å²) in [4.78, 5) is 15.6. The molecular weight excluding hydrogens is 272 g/mol. The van der Waals surface area contributed by atoms with E-state index in [4.69, 9.17) is 4.74 Å². The maximum absolute atomic E-state index is 11.4. The first-order valence-electron chi connectivity index (χ1n) is 4.96. The number of hydrogen-bond donors (Lipinski definition) is 0. The van der Waals surface area contributed by atoms with Gasteiger partial charge in [0.25, 0.3) is 0 Å². The summed E-state index contributed by atoms with van der Waals surface area (Å²) in [7, 11) is 0. The Hall–Kier alpha value is -1.36. The summed E-state index contributed by atoms with van der Waals surface area (Å²) in [6.45, 7) is 2.42. The van der Waals surface area contributed by atoms with Gasteiger partial charge in [0.05, 0.1) is 17.6 Å². The smallest absolute Gasteiger partial charge is 0.325 e. The molecule has 0 aliphatic rings. The Kier molecular flexibility index (Phi) is 3.24. The number of pyridine rings is 1. The number of carbonyl (C=O) groups excluding carboxylic acids is 1. The third-order valence-corrected chi connectivity index (χ3v) is 2.62. The topological polar surface area (TPSA) is 44.1 Å². The van der Waals surface area contributed by atoms with Crippen LogP contribution < -0.4 is 0 Å². The van der Waals surface area contributed by atoms with E-state index in [1.54, 1.807) is 13.1 Å². The van der Waals surface area contributed by atoms with Gasteiger partial charge in [-0.2, -0.15) is 0 Å². The van der Waals surface area contributed by atoms with Crippen molar-refractivity contribution in [1.82, 2.24) is 9.55 Å². The van der Waals surface area contributed by atoms with E-state index in [0.717, 1.165) is 15.5 Å². The molecule has 0 unspecified atom stereocenters. The van der Waals surface area contributed by atoms with E-state index in [2.05, 4.69) is 20.9 Å². The summed E-state index contributed by atoms with van der Waals surface area (Å²) in [6, 6.07) is 3.81. The molecule has 0 amide bonds. The molecule has 0 atom stereocenters. The van der Waals surface area contributed by atoms with Crippen LogP contribution in [0.3, 0.4) is 0 Å². The monoisotopic (exact) mass is 282 g/mol. The van der Waals surface area contributed by atoms with Crippen LogP contribution in [0.15, 0.2) is 29.0 Å². The van der Waals surface area contributed by atoms with Crippen LogP contribution >= 0.6 is 15.9 Å². The Morgan fingerprint density at radius 1 is 1.62 bits per heavy atom. The summed E-state index contributed by atoms with van der Waals surface area (Å²) in [5.74, 6) is -0.236. The molecule has 0 aliphatic carbocycles. The van der Waals surface area contributed by atoms with E-state index in [0.29, 0.717) is 6.61 Å². The van der Waals surface area contributed by atoms with Gasteiger partial charge in [0, 0.05) is 16.9 Å². The predicted octanol–water partition coefficient (Wildman–Crippen LogP) is 2.36. The fraction of sp³-hybridized carbons (Fsp3) is 0.273. The lowest BCUT2D eigenvalue weighted by Crippen LogP contribution is -2.12. The van der Waals surface area contributed by atoms with Gasteiger partial charge in [-0.1, -0.05) is 0 Å². The summed E-state index contributed by atoms with van der Waals surface area (Å²) < 4.78 is 7.62. The number of esters is 1. The van der Waals surface area contributed by atoms with Crippen LogP contribution in [0.1, 0.15) is 6.92 Å². The number of halogens is 1. The molecule has 2 heterocycles. The predicted molar refractivity (Wildman–Crippen MR) is 64.1 cm³/mol. The summed E-state index contributed by atoms with van der Waals surface area (Å²) in [6.07, 6.45) is 3.57. The number of carbonyl (C=O) groups is 1. The second-order valence-corrected chi connectivity index (χ2v) is 4.22. The minimum Gasteiger partial charge on any atom is -0.465 e. The van der Waals surface area contributed by atoms with Gasteiger partial charge in [-0.25, -0.2) is 0 Å². The normalized spacial score (nSPS) is 10.6. The molecule has 0 saturated carbocycles. The maximum Gasteiger partial charge on any atom is 0.325 e. The van der Waals surface area contributed by atoms with E-state index in [9.17, 15) is 4.79 Å². The molecule has 2 aromatic rings. The first kappa shape index (κ1) is 11.1. The van der Waals surface area contributed by atoms with Crippen LogP contribution in [0.4, 0.5) is 0 Å². The quantitative estimate of drug-likeness (QED) is 0.812. The zero-order valence-electron chi connectivity index (χ0n) is 8.81. The highest BCUT2D eigenvalue weighted by Crippen LogP contribution is 2.18. The van der Waals surface area contributed by atoms with E-state index >= 15 is 0 Å². The lowest BCUT2D eigenvalue weighted by Gasteiger charge is -2.04. The van der Waals surface area contributed by atoms with Gasteiger partial charge < -0.3 is 9.30 Å². The van der Waals surface area contributed by atoms with Gasteiger partial charge in [-0.05, 0) is 35.0 Å². The van der Waals surface area contributed by atoms with Crippen LogP contribution in [0, 0.1) is 0 Å². The molecule has 4 nitrogen and oxygen atoms in total. The van der Waals surface area contributed by atoms with Gasteiger partial charge >= 0.3 is 5.97 Å². The molecule has 5 heteroatoms.